The summed E-state index contributed by atoms with van der Waals surface area (Å²) in [5.74, 6) is 0.152. The van der Waals surface area contributed by atoms with Crippen molar-refractivity contribution in [3.8, 4) is 5.75 Å². The summed E-state index contributed by atoms with van der Waals surface area (Å²) in [7, 11) is 0. The molecule has 0 aliphatic carbocycles. The molecule has 1 aromatic rings. The summed E-state index contributed by atoms with van der Waals surface area (Å²) in [5.41, 5.74) is 0.882. The third-order valence-corrected chi connectivity index (χ3v) is 2.50. The molecule has 96 valence electrons. The van der Waals surface area contributed by atoms with Gasteiger partial charge in [-0.05, 0) is 24.1 Å². The van der Waals surface area contributed by atoms with Crippen LogP contribution in [0.3, 0.4) is 0 Å². The number of rotatable bonds is 5. The summed E-state index contributed by atoms with van der Waals surface area (Å²) < 4.78 is 36.0. The Morgan fingerprint density at radius 2 is 1.82 bits per heavy atom. The van der Waals surface area contributed by atoms with Crippen molar-refractivity contribution < 1.29 is 18.3 Å². The van der Waals surface area contributed by atoms with Gasteiger partial charge in [0.1, 0.15) is 5.75 Å². The van der Waals surface area contributed by atoms with E-state index in [0.717, 1.165) is 5.56 Å². The highest BCUT2D eigenvalue weighted by Gasteiger charge is 2.26. The maximum atomic E-state index is 12.0. The van der Waals surface area contributed by atoms with Crippen LogP contribution < -0.4 is 5.32 Å². The molecule has 1 unspecified atom stereocenters. The van der Waals surface area contributed by atoms with Gasteiger partial charge in [-0.1, -0.05) is 19.1 Å². The Hall–Kier alpha value is -1.23. The largest absolute Gasteiger partial charge is 0.508 e. The lowest BCUT2D eigenvalue weighted by molar-refractivity contribution is -0.133. The average molecular weight is 247 g/mol. The molecule has 0 radical (unpaired) electrons. The third-order valence-electron chi connectivity index (χ3n) is 2.50. The van der Waals surface area contributed by atoms with Gasteiger partial charge < -0.3 is 10.4 Å². The van der Waals surface area contributed by atoms with Crippen LogP contribution in [0.1, 0.15) is 31.4 Å². The highest BCUT2D eigenvalue weighted by Crippen LogP contribution is 2.22. The maximum absolute atomic E-state index is 12.0. The SMILES string of the molecule is CCC(NCCC(F)(F)F)c1ccc(O)cc1. The van der Waals surface area contributed by atoms with Crippen molar-refractivity contribution in [1.82, 2.24) is 5.32 Å². The zero-order valence-corrected chi connectivity index (χ0v) is 9.59. The van der Waals surface area contributed by atoms with Crippen LogP contribution in [0.2, 0.25) is 0 Å². The fourth-order valence-corrected chi connectivity index (χ4v) is 1.59. The molecule has 5 heteroatoms. The quantitative estimate of drug-likeness (QED) is 0.836. The minimum absolute atomic E-state index is 0.0944. The van der Waals surface area contributed by atoms with Gasteiger partial charge in [-0.15, -0.1) is 0 Å². The zero-order valence-electron chi connectivity index (χ0n) is 9.59. The molecule has 2 nitrogen and oxygen atoms in total. The predicted molar refractivity (Wildman–Crippen MR) is 59.8 cm³/mol. The van der Waals surface area contributed by atoms with E-state index < -0.39 is 12.6 Å². The highest BCUT2D eigenvalue weighted by molar-refractivity contribution is 5.27. The van der Waals surface area contributed by atoms with Crippen molar-refractivity contribution in [1.29, 1.82) is 0 Å². The highest BCUT2D eigenvalue weighted by atomic mass is 19.4. The van der Waals surface area contributed by atoms with Crippen LogP contribution in [-0.4, -0.2) is 17.8 Å². The van der Waals surface area contributed by atoms with Crippen LogP contribution in [0.25, 0.3) is 0 Å². The Kier molecular flexibility index (Phi) is 4.81. The van der Waals surface area contributed by atoms with Gasteiger partial charge in [0.25, 0.3) is 0 Å². The fraction of sp³-hybridized carbons (Fsp3) is 0.500. The Morgan fingerprint density at radius 1 is 1.24 bits per heavy atom. The van der Waals surface area contributed by atoms with Crippen molar-refractivity contribution in [2.75, 3.05) is 6.54 Å². The van der Waals surface area contributed by atoms with Crippen LogP contribution in [0.4, 0.5) is 13.2 Å². The van der Waals surface area contributed by atoms with E-state index in [2.05, 4.69) is 5.32 Å². The molecule has 2 N–H and O–H groups in total. The van der Waals surface area contributed by atoms with Crippen molar-refractivity contribution in [2.45, 2.75) is 32.0 Å². The Morgan fingerprint density at radius 3 is 2.29 bits per heavy atom. The number of aromatic hydroxyl groups is 1. The summed E-state index contributed by atoms with van der Waals surface area (Å²) in [6, 6.07) is 6.37. The van der Waals surface area contributed by atoms with Crippen molar-refractivity contribution >= 4 is 0 Å². The zero-order chi connectivity index (χ0) is 12.9. The molecule has 0 fully saturated rings. The molecule has 0 bridgehead atoms. The van der Waals surface area contributed by atoms with Crippen molar-refractivity contribution in [3.63, 3.8) is 0 Å². The third kappa shape index (κ3) is 5.08. The van der Waals surface area contributed by atoms with Gasteiger partial charge in [-0.3, -0.25) is 0 Å². The van der Waals surface area contributed by atoms with Gasteiger partial charge >= 0.3 is 6.18 Å². The van der Waals surface area contributed by atoms with Gasteiger partial charge in [0.05, 0.1) is 6.42 Å². The van der Waals surface area contributed by atoms with Gasteiger partial charge in [-0.25, -0.2) is 0 Å². The van der Waals surface area contributed by atoms with E-state index in [1.165, 1.54) is 12.1 Å². The minimum atomic E-state index is -4.12. The Bertz CT molecular complexity index is 335. The van der Waals surface area contributed by atoms with Gasteiger partial charge in [0.15, 0.2) is 0 Å². The molecule has 0 spiro atoms. The first-order valence-electron chi connectivity index (χ1n) is 5.51. The van der Waals surface area contributed by atoms with Crippen LogP contribution in [0.5, 0.6) is 5.75 Å². The van der Waals surface area contributed by atoms with E-state index in [0.29, 0.717) is 6.42 Å². The van der Waals surface area contributed by atoms with Gasteiger partial charge in [0, 0.05) is 12.6 Å². The molecule has 1 aromatic carbocycles. The second-order valence-electron chi connectivity index (χ2n) is 3.87. The second kappa shape index (κ2) is 5.91. The van der Waals surface area contributed by atoms with E-state index in [1.807, 2.05) is 6.92 Å². The van der Waals surface area contributed by atoms with Gasteiger partial charge in [-0.2, -0.15) is 13.2 Å². The van der Waals surface area contributed by atoms with Crippen LogP contribution in [0.15, 0.2) is 24.3 Å². The summed E-state index contributed by atoms with van der Waals surface area (Å²) in [6.07, 6.45) is -4.26. The normalized spacial score (nSPS) is 13.6. The summed E-state index contributed by atoms with van der Waals surface area (Å²) >= 11 is 0. The molecule has 0 saturated carbocycles. The summed E-state index contributed by atoms with van der Waals surface area (Å²) in [6.45, 7) is 1.81. The van der Waals surface area contributed by atoms with Crippen molar-refractivity contribution in [2.24, 2.45) is 0 Å². The van der Waals surface area contributed by atoms with E-state index in [4.69, 9.17) is 5.11 Å². The number of halogens is 3. The van der Waals surface area contributed by atoms with Gasteiger partial charge in [0.2, 0.25) is 0 Å². The van der Waals surface area contributed by atoms with Crippen molar-refractivity contribution in [3.05, 3.63) is 29.8 Å². The molecule has 0 aliphatic rings. The second-order valence-corrected chi connectivity index (χ2v) is 3.87. The Labute approximate surface area is 98.5 Å². The number of alkyl halides is 3. The van der Waals surface area contributed by atoms with E-state index >= 15 is 0 Å². The maximum Gasteiger partial charge on any atom is 0.390 e. The lowest BCUT2D eigenvalue weighted by atomic mass is 10.0. The van der Waals surface area contributed by atoms with Crippen LogP contribution >= 0.6 is 0 Å². The molecular formula is C12H16F3NO. The molecule has 0 aliphatic heterocycles. The average Bonchev–Trinajstić information content (AvgIpc) is 2.24. The molecule has 0 heterocycles. The van der Waals surface area contributed by atoms with E-state index in [9.17, 15) is 13.2 Å². The molecule has 0 amide bonds. The Balaban J connectivity index is 2.51. The standard InChI is InChI=1S/C12H16F3NO/c1-2-11(16-8-7-12(13,14)15)9-3-5-10(17)6-4-9/h3-6,11,16-17H,2,7-8H2,1H3. The lowest BCUT2D eigenvalue weighted by Crippen LogP contribution is -2.25. The summed E-state index contributed by atoms with van der Waals surface area (Å²) in [4.78, 5) is 0. The number of phenolic OH excluding ortho intramolecular Hbond substituents is 1. The molecule has 0 aromatic heterocycles. The number of phenols is 1. The first-order valence-corrected chi connectivity index (χ1v) is 5.51. The first-order chi connectivity index (χ1) is 7.92. The van der Waals surface area contributed by atoms with E-state index in [-0.39, 0.29) is 18.3 Å². The van der Waals surface area contributed by atoms with Crippen LogP contribution in [0, 0.1) is 0 Å². The monoisotopic (exact) mass is 247 g/mol. The fourth-order valence-electron chi connectivity index (χ4n) is 1.59. The molecule has 17 heavy (non-hydrogen) atoms. The summed E-state index contributed by atoms with van der Waals surface area (Å²) in [5, 5.41) is 12.0. The minimum Gasteiger partial charge on any atom is -0.508 e. The lowest BCUT2D eigenvalue weighted by Gasteiger charge is -2.18. The molecule has 1 rings (SSSR count). The van der Waals surface area contributed by atoms with E-state index in [1.54, 1.807) is 12.1 Å². The number of nitrogens with one attached hydrogen (secondary N) is 1. The molecule has 1 atom stereocenters. The predicted octanol–water partition coefficient (Wildman–Crippen LogP) is 3.39. The first kappa shape index (κ1) is 13.8. The molecular weight excluding hydrogens is 231 g/mol. The molecule has 0 saturated heterocycles. The number of hydrogen-bond donors (Lipinski definition) is 2. The smallest absolute Gasteiger partial charge is 0.390 e. The van der Waals surface area contributed by atoms with Crippen LogP contribution in [-0.2, 0) is 0 Å². The number of benzene rings is 1. The topological polar surface area (TPSA) is 32.3 Å². The number of hydrogen-bond acceptors (Lipinski definition) is 2.